The molecule has 0 heterocycles. The van der Waals surface area contributed by atoms with Crippen LogP contribution in [-0.4, -0.2) is 38.1 Å². The molecular weight excluding hydrogens is 160 g/mol. The highest BCUT2D eigenvalue weighted by molar-refractivity contribution is 4.52. The summed E-state index contributed by atoms with van der Waals surface area (Å²) < 4.78 is 0. The Kier molecular flexibility index (Phi) is 9.94. The average Bonchev–Trinajstić information content (AvgIpc) is 2.16. The molecule has 0 rings (SSSR count). The lowest BCUT2D eigenvalue weighted by molar-refractivity contribution is 0.344. The van der Waals surface area contributed by atoms with Gasteiger partial charge >= 0.3 is 0 Å². The predicted octanol–water partition coefficient (Wildman–Crippen LogP) is 2.11. The Morgan fingerprint density at radius 2 is 1.69 bits per heavy atom. The van der Waals surface area contributed by atoms with Crippen molar-refractivity contribution in [2.24, 2.45) is 0 Å². The molecule has 2 nitrogen and oxygen atoms in total. The molecule has 0 bridgehead atoms. The maximum atomic E-state index is 3.47. The second-order valence-corrected chi connectivity index (χ2v) is 3.71. The van der Waals surface area contributed by atoms with E-state index >= 15 is 0 Å². The van der Waals surface area contributed by atoms with Crippen molar-refractivity contribution in [3.05, 3.63) is 0 Å². The van der Waals surface area contributed by atoms with Crippen molar-refractivity contribution in [3.63, 3.8) is 0 Å². The van der Waals surface area contributed by atoms with Gasteiger partial charge in [-0.1, -0.05) is 26.7 Å². The maximum absolute atomic E-state index is 3.47. The predicted molar refractivity (Wildman–Crippen MR) is 60.2 cm³/mol. The highest BCUT2D eigenvalue weighted by Gasteiger charge is 1.93. The molecule has 0 fully saturated rings. The molecule has 0 aromatic heterocycles. The molecule has 2 heteroatoms. The zero-order valence-electron chi connectivity index (χ0n) is 9.60. The van der Waals surface area contributed by atoms with Crippen LogP contribution in [0.2, 0.25) is 0 Å². The number of rotatable bonds is 9. The lowest BCUT2D eigenvalue weighted by atomic mass is 10.2. The average molecular weight is 186 g/mol. The fourth-order valence-electron chi connectivity index (χ4n) is 1.26. The van der Waals surface area contributed by atoms with E-state index in [1.54, 1.807) is 0 Å². The SMILES string of the molecule is CCCCCNCCCN(C)CC. The minimum absolute atomic E-state index is 1.16. The van der Waals surface area contributed by atoms with Crippen LogP contribution in [0.3, 0.4) is 0 Å². The second-order valence-electron chi connectivity index (χ2n) is 3.71. The first-order chi connectivity index (χ1) is 6.31. The summed E-state index contributed by atoms with van der Waals surface area (Å²) in [6.07, 6.45) is 5.29. The van der Waals surface area contributed by atoms with Crippen molar-refractivity contribution in [2.45, 2.75) is 39.5 Å². The number of hydrogen-bond donors (Lipinski definition) is 1. The number of nitrogens with one attached hydrogen (secondary N) is 1. The van der Waals surface area contributed by atoms with Crippen LogP contribution in [0.4, 0.5) is 0 Å². The molecule has 0 atom stereocenters. The van der Waals surface area contributed by atoms with Crippen LogP contribution < -0.4 is 5.32 Å². The molecule has 0 aliphatic heterocycles. The number of nitrogens with zero attached hydrogens (tertiary/aromatic N) is 1. The molecule has 0 aliphatic carbocycles. The summed E-state index contributed by atoms with van der Waals surface area (Å²) in [6.45, 7) is 9.20. The van der Waals surface area contributed by atoms with E-state index in [4.69, 9.17) is 0 Å². The second kappa shape index (κ2) is 10.0. The van der Waals surface area contributed by atoms with Crippen LogP contribution in [0.5, 0.6) is 0 Å². The van der Waals surface area contributed by atoms with Crippen LogP contribution in [0.15, 0.2) is 0 Å². The van der Waals surface area contributed by atoms with Gasteiger partial charge in [0.05, 0.1) is 0 Å². The minimum atomic E-state index is 1.16. The molecule has 80 valence electrons. The van der Waals surface area contributed by atoms with E-state index in [0.29, 0.717) is 0 Å². The van der Waals surface area contributed by atoms with Gasteiger partial charge in [0, 0.05) is 0 Å². The lowest BCUT2D eigenvalue weighted by Crippen LogP contribution is -2.24. The zero-order valence-corrected chi connectivity index (χ0v) is 9.60. The van der Waals surface area contributed by atoms with Gasteiger partial charge in [-0.25, -0.2) is 0 Å². The van der Waals surface area contributed by atoms with Crippen LogP contribution in [0.1, 0.15) is 39.5 Å². The van der Waals surface area contributed by atoms with Gasteiger partial charge in [0.25, 0.3) is 0 Å². The standard InChI is InChI=1S/C11H26N2/c1-4-6-7-9-12-10-8-11-13(3)5-2/h12H,4-11H2,1-3H3. The van der Waals surface area contributed by atoms with Gasteiger partial charge in [-0.2, -0.15) is 0 Å². The van der Waals surface area contributed by atoms with Crippen molar-refractivity contribution in [3.8, 4) is 0 Å². The lowest BCUT2D eigenvalue weighted by Gasteiger charge is -2.13. The van der Waals surface area contributed by atoms with Crippen LogP contribution in [0, 0.1) is 0 Å². The molecular formula is C11H26N2. The van der Waals surface area contributed by atoms with Gasteiger partial charge in [-0.3, -0.25) is 0 Å². The van der Waals surface area contributed by atoms with Gasteiger partial charge in [-0.05, 0) is 46.1 Å². The van der Waals surface area contributed by atoms with Crippen LogP contribution in [-0.2, 0) is 0 Å². The molecule has 0 aliphatic rings. The third-order valence-corrected chi connectivity index (χ3v) is 2.39. The molecule has 0 amide bonds. The Morgan fingerprint density at radius 1 is 1.00 bits per heavy atom. The summed E-state index contributed by atoms with van der Waals surface area (Å²) in [5.74, 6) is 0. The zero-order chi connectivity index (χ0) is 9.94. The van der Waals surface area contributed by atoms with Gasteiger partial charge in [-0.15, -0.1) is 0 Å². The number of unbranched alkanes of at least 4 members (excludes halogenated alkanes) is 2. The maximum Gasteiger partial charge on any atom is -0.000981 e. The summed E-state index contributed by atoms with van der Waals surface area (Å²) in [5, 5.41) is 3.47. The molecule has 0 saturated heterocycles. The smallest absolute Gasteiger partial charge is 0.000981 e. The molecule has 13 heavy (non-hydrogen) atoms. The highest BCUT2D eigenvalue weighted by Crippen LogP contribution is 1.91. The topological polar surface area (TPSA) is 15.3 Å². The van der Waals surface area contributed by atoms with E-state index in [0.717, 1.165) is 6.54 Å². The third kappa shape index (κ3) is 9.84. The van der Waals surface area contributed by atoms with E-state index in [2.05, 4.69) is 31.1 Å². The molecule has 0 saturated carbocycles. The fourth-order valence-corrected chi connectivity index (χ4v) is 1.26. The highest BCUT2D eigenvalue weighted by atomic mass is 15.1. The Hall–Kier alpha value is -0.0800. The van der Waals surface area contributed by atoms with Gasteiger partial charge in [0.1, 0.15) is 0 Å². The molecule has 0 aromatic carbocycles. The first-order valence-electron chi connectivity index (χ1n) is 5.70. The van der Waals surface area contributed by atoms with Gasteiger partial charge < -0.3 is 10.2 Å². The van der Waals surface area contributed by atoms with Crippen molar-refractivity contribution >= 4 is 0 Å². The van der Waals surface area contributed by atoms with Crippen LogP contribution in [0.25, 0.3) is 0 Å². The van der Waals surface area contributed by atoms with Crippen LogP contribution >= 0.6 is 0 Å². The van der Waals surface area contributed by atoms with Crippen molar-refractivity contribution < 1.29 is 0 Å². The molecule has 0 unspecified atom stereocenters. The summed E-state index contributed by atoms with van der Waals surface area (Å²) in [6, 6.07) is 0. The Balaban J connectivity index is 2.91. The normalized spacial score (nSPS) is 11.1. The van der Waals surface area contributed by atoms with E-state index in [1.165, 1.54) is 45.3 Å². The van der Waals surface area contributed by atoms with E-state index < -0.39 is 0 Å². The number of hydrogen-bond acceptors (Lipinski definition) is 2. The van der Waals surface area contributed by atoms with E-state index in [-0.39, 0.29) is 0 Å². The fraction of sp³-hybridized carbons (Fsp3) is 1.00. The molecule has 0 radical (unpaired) electrons. The van der Waals surface area contributed by atoms with Crippen molar-refractivity contribution in [2.75, 3.05) is 33.2 Å². The Bertz CT molecular complexity index is 94.1. The monoisotopic (exact) mass is 186 g/mol. The summed E-state index contributed by atoms with van der Waals surface area (Å²) in [4.78, 5) is 2.35. The van der Waals surface area contributed by atoms with Gasteiger partial charge in [0.2, 0.25) is 0 Å². The van der Waals surface area contributed by atoms with E-state index in [9.17, 15) is 0 Å². The molecule has 1 N–H and O–H groups in total. The Morgan fingerprint density at radius 3 is 2.31 bits per heavy atom. The van der Waals surface area contributed by atoms with Crippen molar-refractivity contribution in [1.29, 1.82) is 0 Å². The van der Waals surface area contributed by atoms with Crippen molar-refractivity contribution in [1.82, 2.24) is 10.2 Å². The summed E-state index contributed by atoms with van der Waals surface area (Å²) in [7, 11) is 2.18. The van der Waals surface area contributed by atoms with Gasteiger partial charge in [0.15, 0.2) is 0 Å². The molecule has 0 spiro atoms. The summed E-state index contributed by atoms with van der Waals surface area (Å²) in [5.41, 5.74) is 0. The van der Waals surface area contributed by atoms with E-state index in [1.807, 2.05) is 0 Å². The largest absolute Gasteiger partial charge is 0.317 e. The Labute approximate surface area is 83.7 Å². The quantitative estimate of drug-likeness (QED) is 0.555. The minimum Gasteiger partial charge on any atom is -0.317 e. The molecule has 0 aromatic rings. The first kappa shape index (κ1) is 12.9. The third-order valence-electron chi connectivity index (χ3n) is 2.39. The first-order valence-corrected chi connectivity index (χ1v) is 5.70. The summed E-state index contributed by atoms with van der Waals surface area (Å²) >= 11 is 0.